The lowest BCUT2D eigenvalue weighted by Crippen LogP contribution is -2.65. The Morgan fingerprint density at radius 3 is 1.49 bits per heavy atom. The van der Waals surface area contributed by atoms with Crippen LogP contribution in [-0.4, -0.2) is 43.2 Å². The summed E-state index contributed by atoms with van der Waals surface area (Å²) in [5.74, 6) is -0.390. The first-order valence-corrected chi connectivity index (χ1v) is 16.8. The Morgan fingerprint density at radius 1 is 0.551 bits per heavy atom. The zero-order valence-corrected chi connectivity index (χ0v) is 27.9. The minimum atomic E-state index is -0.921. The fourth-order valence-corrected chi connectivity index (χ4v) is 5.98. The molecule has 1 fully saturated rings. The van der Waals surface area contributed by atoms with Crippen LogP contribution in [0.1, 0.15) is 32.6 Å². The highest BCUT2D eigenvalue weighted by atomic mass is 35.5. The molecule has 1 aliphatic rings. The second-order valence-corrected chi connectivity index (χ2v) is 12.2. The molecule has 1 amide bonds. The number of nitrogens with one attached hydrogen (secondary N) is 1. The van der Waals surface area contributed by atoms with E-state index in [9.17, 15) is 4.79 Å². The summed E-state index contributed by atoms with van der Waals surface area (Å²) in [6.07, 6.45) is -3.59. The molecule has 5 aromatic carbocycles. The minimum Gasteiger partial charge on any atom is -0.374 e. The van der Waals surface area contributed by atoms with Crippen molar-refractivity contribution in [2.45, 2.75) is 57.1 Å². The topological polar surface area (TPSA) is 75.3 Å². The standard InChI is InChI=1S/C41H40ClNO6/c42-35-24-14-13-23-34(35)40(44)43-41-39(48-28-33-21-11-4-12-22-33)38(47-27-32-19-9-3-10-20-32)37(46-26-31-17-7-2-8-18-31)36(49-41)29-45-25-30-15-5-1-6-16-30/h1-24,36-39,41H,25-29H2,(H,43,44)/t36-,37-,38+,39+,41+/m1/s1. The molecule has 0 unspecified atom stereocenters. The van der Waals surface area contributed by atoms with Gasteiger partial charge in [0.2, 0.25) is 0 Å². The van der Waals surface area contributed by atoms with Gasteiger partial charge in [0.1, 0.15) is 24.4 Å². The van der Waals surface area contributed by atoms with Crippen LogP contribution in [0.4, 0.5) is 0 Å². The molecule has 252 valence electrons. The number of hydrogen-bond acceptors (Lipinski definition) is 6. The Labute approximate surface area is 292 Å². The second-order valence-electron chi connectivity index (χ2n) is 11.8. The summed E-state index contributed by atoms with van der Waals surface area (Å²) >= 11 is 6.44. The number of benzene rings is 5. The highest BCUT2D eigenvalue weighted by Crippen LogP contribution is 2.31. The molecule has 1 saturated heterocycles. The van der Waals surface area contributed by atoms with Crippen molar-refractivity contribution in [3.05, 3.63) is 178 Å². The third-order valence-electron chi connectivity index (χ3n) is 8.28. The number of carbonyl (C=O) groups excluding carboxylic acids is 1. The van der Waals surface area contributed by atoms with Crippen LogP contribution in [0.3, 0.4) is 0 Å². The molecule has 49 heavy (non-hydrogen) atoms. The van der Waals surface area contributed by atoms with Gasteiger partial charge in [0.05, 0.1) is 43.6 Å². The first kappa shape index (κ1) is 34.5. The van der Waals surface area contributed by atoms with Gasteiger partial charge in [-0.2, -0.15) is 0 Å². The molecule has 0 aliphatic carbocycles. The lowest BCUT2D eigenvalue weighted by Gasteiger charge is -2.46. The first-order chi connectivity index (χ1) is 24.1. The van der Waals surface area contributed by atoms with Gasteiger partial charge in [0.25, 0.3) is 5.91 Å². The molecule has 0 spiro atoms. The van der Waals surface area contributed by atoms with Crippen molar-refractivity contribution in [2.75, 3.05) is 6.61 Å². The van der Waals surface area contributed by atoms with Crippen molar-refractivity contribution in [1.82, 2.24) is 5.32 Å². The number of halogens is 1. The largest absolute Gasteiger partial charge is 0.374 e. The summed E-state index contributed by atoms with van der Waals surface area (Å²) in [6.45, 7) is 1.44. The molecule has 7 nitrogen and oxygen atoms in total. The Kier molecular flexibility index (Phi) is 12.6. The van der Waals surface area contributed by atoms with Crippen molar-refractivity contribution >= 4 is 17.5 Å². The minimum absolute atomic E-state index is 0.184. The van der Waals surface area contributed by atoms with Crippen LogP contribution in [0.5, 0.6) is 0 Å². The molecule has 8 heteroatoms. The van der Waals surface area contributed by atoms with Crippen LogP contribution in [-0.2, 0) is 50.1 Å². The van der Waals surface area contributed by atoms with E-state index in [1.165, 1.54) is 0 Å². The van der Waals surface area contributed by atoms with Gasteiger partial charge in [-0.05, 0) is 34.4 Å². The molecule has 0 radical (unpaired) electrons. The molecule has 1 aliphatic heterocycles. The van der Waals surface area contributed by atoms with Crippen molar-refractivity contribution in [1.29, 1.82) is 0 Å². The van der Waals surface area contributed by atoms with Gasteiger partial charge in [-0.25, -0.2) is 0 Å². The summed E-state index contributed by atoms with van der Waals surface area (Å²) in [5, 5.41) is 3.40. The van der Waals surface area contributed by atoms with E-state index in [4.69, 9.17) is 35.3 Å². The molecule has 0 bridgehead atoms. The van der Waals surface area contributed by atoms with Gasteiger partial charge in [0, 0.05) is 0 Å². The van der Waals surface area contributed by atoms with E-state index in [1.807, 2.05) is 121 Å². The SMILES string of the molecule is O=C(N[C@H]1O[C@H](COCc2ccccc2)[C@@H](OCc2ccccc2)[C@H](OCc2ccccc2)[C@@H]1OCc1ccccc1)c1ccccc1Cl. The van der Waals surface area contributed by atoms with E-state index >= 15 is 0 Å². The molecule has 5 aromatic rings. The lowest BCUT2D eigenvalue weighted by atomic mass is 9.96. The van der Waals surface area contributed by atoms with Gasteiger partial charge in [-0.3, -0.25) is 4.79 Å². The fraction of sp³-hybridized carbons (Fsp3) is 0.244. The van der Waals surface area contributed by atoms with Crippen molar-refractivity contribution in [2.24, 2.45) is 0 Å². The fourth-order valence-electron chi connectivity index (χ4n) is 5.76. The zero-order valence-electron chi connectivity index (χ0n) is 27.1. The highest BCUT2D eigenvalue weighted by molar-refractivity contribution is 6.33. The van der Waals surface area contributed by atoms with E-state index < -0.39 is 36.6 Å². The van der Waals surface area contributed by atoms with Crippen LogP contribution < -0.4 is 5.32 Å². The summed E-state index contributed by atoms with van der Waals surface area (Å²) in [7, 11) is 0. The number of rotatable bonds is 15. The van der Waals surface area contributed by atoms with Crippen LogP contribution >= 0.6 is 11.6 Å². The number of carbonyl (C=O) groups is 1. The molecule has 5 atom stereocenters. The average Bonchev–Trinajstić information content (AvgIpc) is 3.15. The number of amides is 1. The average molecular weight is 678 g/mol. The Bertz CT molecular complexity index is 1710. The van der Waals surface area contributed by atoms with E-state index in [1.54, 1.807) is 24.3 Å². The lowest BCUT2D eigenvalue weighted by molar-refractivity contribution is -0.276. The van der Waals surface area contributed by atoms with Crippen LogP contribution in [0.2, 0.25) is 5.02 Å². The summed E-state index contributed by atoms with van der Waals surface area (Å²) in [5.41, 5.74) is 4.33. The maximum atomic E-state index is 13.7. The molecular formula is C41H40ClNO6. The molecule has 0 aromatic heterocycles. The van der Waals surface area contributed by atoms with Gasteiger partial charge in [-0.1, -0.05) is 145 Å². The third-order valence-corrected chi connectivity index (χ3v) is 8.60. The van der Waals surface area contributed by atoms with Gasteiger partial charge in [-0.15, -0.1) is 0 Å². The van der Waals surface area contributed by atoms with Crippen LogP contribution in [0.15, 0.2) is 146 Å². The number of ether oxygens (including phenoxy) is 5. The monoisotopic (exact) mass is 677 g/mol. The number of hydrogen-bond donors (Lipinski definition) is 1. The smallest absolute Gasteiger partial charge is 0.254 e. The maximum absolute atomic E-state index is 13.7. The van der Waals surface area contributed by atoms with Gasteiger partial charge < -0.3 is 29.0 Å². The zero-order chi connectivity index (χ0) is 33.7. The van der Waals surface area contributed by atoms with Gasteiger partial charge in [0.15, 0.2) is 6.23 Å². The molecule has 6 rings (SSSR count). The third kappa shape index (κ3) is 9.86. The maximum Gasteiger partial charge on any atom is 0.254 e. The van der Waals surface area contributed by atoms with Crippen LogP contribution in [0, 0.1) is 0 Å². The molecule has 0 saturated carbocycles. The van der Waals surface area contributed by atoms with Crippen molar-refractivity contribution < 1.29 is 28.5 Å². The Hall–Kier alpha value is -4.34. The normalized spacial score (nSPS) is 20.5. The summed E-state index contributed by atoms with van der Waals surface area (Å²) in [6, 6.07) is 46.6. The Morgan fingerprint density at radius 2 is 0.980 bits per heavy atom. The quantitative estimate of drug-likeness (QED) is 0.122. The first-order valence-electron chi connectivity index (χ1n) is 16.4. The Balaban J connectivity index is 1.33. The van der Waals surface area contributed by atoms with E-state index in [-0.39, 0.29) is 13.2 Å². The van der Waals surface area contributed by atoms with Crippen molar-refractivity contribution in [3.63, 3.8) is 0 Å². The van der Waals surface area contributed by atoms with E-state index in [0.29, 0.717) is 30.4 Å². The second kappa shape index (κ2) is 17.9. The van der Waals surface area contributed by atoms with E-state index in [0.717, 1.165) is 22.3 Å². The molecular weight excluding hydrogens is 638 g/mol. The summed E-state index contributed by atoms with van der Waals surface area (Å²) in [4.78, 5) is 13.7. The molecule has 1 N–H and O–H groups in total. The predicted octanol–water partition coefficient (Wildman–Crippen LogP) is 7.77. The highest BCUT2D eigenvalue weighted by Gasteiger charge is 2.49. The van der Waals surface area contributed by atoms with E-state index in [2.05, 4.69) is 5.32 Å². The predicted molar refractivity (Wildman–Crippen MR) is 189 cm³/mol. The van der Waals surface area contributed by atoms with Crippen LogP contribution in [0.25, 0.3) is 0 Å². The summed E-state index contributed by atoms with van der Waals surface area (Å²) < 4.78 is 33.0. The van der Waals surface area contributed by atoms with Crippen molar-refractivity contribution in [3.8, 4) is 0 Å². The van der Waals surface area contributed by atoms with Gasteiger partial charge >= 0.3 is 0 Å². The molecule has 1 heterocycles.